The summed E-state index contributed by atoms with van der Waals surface area (Å²) in [5.41, 5.74) is 8.05. The number of nitrogens with two attached hydrogens (primary N) is 1. The highest BCUT2D eigenvalue weighted by Gasteiger charge is 2.18. The Labute approximate surface area is 121 Å². The van der Waals surface area contributed by atoms with Gasteiger partial charge in [0.2, 0.25) is 5.95 Å². The summed E-state index contributed by atoms with van der Waals surface area (Å²) in [5.74, 6) is 0.0211. The molecule has 0 saturated heterocycles. The molecule has 0 fully saturated rings. The Morgan fingerprint density at radius 3 is 2.81 bits per heavy atom. The topological polar surface area (TPSA) is 66.0 Å². The van der Waals surface area contributed by atoms with Crippen LogP contribution in [0.5, 0.6) is 5.75 Å². The number of halogens is 1. The average Bonchev–Trinajstić information content (AvgIpc) is 2.81. The van der Waals surface area contributed by atoms with Crippen LogP contribution in [0.15, 0.2) is 36.5 Å². The number of nitrogen functional groups attached to an aromatic ring is 1. The first-order valence-electron chi connectivity index (χ1n) is 6.53. The Hall–Kier alpha value is -2.63. The molecule has 2 aromatic heterocycles. The molecule has 1 aromatic carbocycles. The number of benzene rings is 1. The summed E-state index contributed by atoms with van der Waals surface area (Å²) >= 11 is 0. The van der Waals surface area contributed by atoms with Gasteiger partial charge in [-0.2, -0.15) is 0 Å². The van der Waals surface area contributed by atoms with E-state index in [0.717, 1.165) is 5.69 Å². The number of anilines is 1. The van der Waals surface area contributed by atoms with Crippen molar-refractivity contribution < 1.29 is 9.13 Å². The first-order valence-corrected chi connectivity index (χ1v) is 6.53. The van der Waals surface area contributed by atoms with E-state index in [1.54, 1.807) is 12.3 Å². The first kappa shape index (κ1) is 13.4. The minimum Gasteiger partial charge on any atom is -0.494 e. The van der Waals surface area contributed by atoms with Crippen molar-refractivity contribution in [1.82, 2.24) is 14.5 Å². The van der Waals surface area contributed by atoms with Gasteiger partial charge < -0.3 is 15.0 Å². The van der Waals surface area contributed by atoms with Crippen LogP contribution in [0, 0.1) is 5.82 Å². The third kappa shape index (κ3) is 2.18. The summed E-state index contributed by atoms with van der Waals surface area (Å²) in [4.78, 5) is 8.55. The lowest BCUT2D eigenvalue weighted by Crippen LogP contribution is -2.11. The van der Waals surface area contributed by atoms with Crippen LogP contribution in [0.25, 0.3) is 11.0 Å². The monoisotopic (exact) mass is 286 g/mol. The predicted octanol–water partition coefficient (Wildman–Crippen LogP) is 2.77. The van der Waals surface area contributed by atoms with E-state index in [1.165, 1.54) is 13.2 Å². The molecular formula is C15H15FN4O. The molecule has 2 heterocycles. The molecule has 6 heteroatoms. The maximum Gasteiger partial charge on any atom is 0.201 e. The van der Waals surface area contributed by atoms with Gasteiger partial charge in [0.25, 0.3) is 0 Å². The molecule has 0 bridgehead atoms. The van der Waals surface area contributed by atoms with E-state index in [-0.39, 0.29) is 11.8 Å². The Morgan fingerprint density at radius 2 is 2.14 bits per heavy atom. The van der Waals surface area contributed by atoms with E-state index in [1.807, 2.05) is 29.7 Å². The molecule has 0 radical (unpaired) electrons. The van der Waals surface area contributed by atoms with Crippen LogP contribution in [-0.2, 0) is 0 Å². The van der Waals surface area contributed by atoms with Gasteiger partial charge in [0, 0.05) is 18.3 Å². The number of ether oxygens (including phenoxy) is 1. The number of nitrogens with zero attached hydrogens (tertiary/aromatic N) is 3. The maximum atomic E-state index is 13.8. The summed E-state index contributed by atoms with van der Waals surface area (Å²) in [7, 11) is 1.43. The van der Waals surface area contributed by atoms with E-state index in [0.29, 0.717) is 17.0 Å². The van der Waals surface area contributed by atoms with E-state index in [2.05, 4.69) is 9.97 Å². The van der Waals surface area contributed by atoms with Crippen LogP contribution in [-0.4, -0.2) is 21.6 Å². The molecule has 0 saturated carbocycles. The summed E-state index contributed by atoms with van der Waals surface area (Å²) in [6.07, 6.45) is 1.72. The van der Waals surface area contributed by atoms with Crippen LogP contribution in [0.2, 0.25) is 0 Å². The lowest BCUT2D eigenvalue weighted by molar-refractivity contribution is 0.387. The fourth-order valence-electron chi connectivity index (χ4n) is 2.43. The number of methoxy groups -OCH3 is 1. The van der Waals surface area contributed by atoms with Crippen molar-refractivity contribution in [1.29, 1.82) is 0 Å². The number of hydrogen-bond donors (Lipinski definition) is 1. The van der Waals surface area contributed by atoms with Gasteiger partial charge in [-0.3, -0.25) is 4.98 Å². The van der Waals surface area contributed by atoms with Crippen molar-refractivity contribution >= 4 is 17.0 Å². The third-order valence-corrected chi connectivity index (χ3v) is 3.49. The Kier molecular flexibility index (Phi) is 3.21. The molecule has 0 amide bonds. The predicted molar refractivity (Wildman–Crippen MR) is 78.7 cm³/mol. The smallest absolute Gasteiger partial charge is 0.201 e. The second-order valence-corrected chi connectivity index (χ2v) is 4.75. The highest BCUT2D eigenvalue weighted by molar-refractivity contribution is 5.80. The van der Waals surface area contributed by atoms with Crippen molar-refractivity contribution in [2.75, 3.05) is 12.8 Å². The average molecular weight is 286 g/mol. The number of imidazole rings is 1. The zero-order valence-electron chi connectivity index (χ0n) is 11.7. The highest BCUT2D eigenvalue weighted by atomic mass is 19.1. The molecule has 3 rings (SSSR count). The molecule has 1 unspecified atom stereocenters. The standard InChI is InChI=1S/C15H15FN4O/c1-9(11-5-3-4-6-18-11)20-13-8-14(21-2)10(16)7-12(13)19-15(20)17/h3-9H,1-2H3,(H2,17,19). The SMILES string of the molecule is COc1cc2c(cc1F)nc(N)n2C(C)c1ccccn1. The van der Waals surface area contributed by atoms with Gasteiger partial charge in [0.15, 0.2) is 11.6 Å². The molecule has 0 aliphatic carbocycles. The zero-order chi connectivity index (χ0) is 15.0. The van der Waals surface area contributed by atoms with Gasteiger partial charge in [-0.15, -0.1) is 0 Å². The lowest BCUT2D eigenvalue weighted by Gasteiger charge is -2.15. The van der Waals surface area contributed by atoms with Gasteiger partial charge in [-0.25, -0.2) is 9.37 Å². The summed E-state index contributed by atoms with van der Waals surface area (Å²) in [5, 5.41) is 0. The van der Waals surface area contributed by atoms with Gasteiger partial charge in [-0.05, 0) is 19.1 Å². The lowest BCUT2D eigenvalue weighted by atomic mass is 10.2. The molecule has 108 valence electrons. The van der Waals surface area contributed by atoms with Crippen molar-refractivity contribution in [3.63, 3.8) is 0 Å². The summed E-state index contributed by atoms with van der Waals surface area (Å²) in [6, 6.07) is 8.49. The molecule has 2 N–H and O–H groups in total. The summed E-state index contributed by atoms with van der Waals surface area (Å²) in [6.45, 7) is 1.97. The first-order chi connectivity index (χ1) is 10.1. The number of pyridine rings is 1. The number of fused-ring (bicyclic) bond motifs is 1. The molecule has 0 aliphatic rings. The molecule has 3 aromatic rings. The molecule has 21 heavy (non-hydrogen) atoms. The van der Waals surface area contributed by atoms with Gasteiger partial charge in [0.05, 0.1) is 29.9 Å². The zero-order valence-corrected chi connectivity index (χ0v) is 11.7. The van der Waals surface area contributed by atoms with Crippen LogP contribution < -0.4 is 10.5 Å². The van der Waals surface area contributed by atoms with E-state index >= 15 is 0 Å². The Balaban J connectivity index is 2.20. The van der Waals surface area contributed by atoms with Crippen molar-refractivity contribution in [2.24, 2.45) is 0 Å². The fraction of sp³-hybridized carbons (Fsp3) is 0.200. The number of aromatic nitrogens is 3. The van der Waals surface area contributed by atoms with E-state index < -0.39 is 5.82 Å². The summed E-state index contributed by atoms with van der Waals surface area (Å²) < 4.78 is 20.6. The fourth-order valence-corrected chi connectivity index (χ4v) is 2.43. The van der Waals surface area contributed by atoms with Crippen LogP contribution >= 0.6 is 0 Å². The Morgan fingerprint density at radius 1 is 1.33 bits per heavy atom. The third-order valence-electron chi connectivity index (χ3n) is 3.49. The second-order valence-electron chi connectivity index (χ2n) is 4.75. The minimum absolute atomic E-state index is 0.119. The van der Waals surface area contributed by atoms with E-state index in [4.69, 9.17) is 10.5 Å². The highest BCUT2D eigenvalue weighted by Crippen LogP contribution is 2.30. The van der Waals surface area contributed by atoms with E-state index in [9.17, 15) is 4.39 Å². The number of rotatable bonds is 3. The van der Waals surface area contributed by atoms with Crippen LogP contribution in [0.3, 0.4) is 0 Å². The normalized spacial score (nSPS) is 12.5. The van der Waals surface area contributed by atoms with Crippen molar-refractivity contribution in [3.05, 3.63) is 48.0 Å². The maximum absolute atomic E-state index is 13.8. The second kappa shape index (κ2) is 5.05. The molecule has 1 atom stereocenters. The van der Waals surface area contributed by atoms with Crippen molar-refractivity contribution in [3.8, 4) is 5.75 Å². The molecule has 0 aliphatic heterocycles. The van der Waals surface area contributed by atoms with Gasteiger partial charge in [-0.1, -0.05) is 6.07 Å². The van der Waals surface area contributed by atoms with Gasteiger partial charge >= 0.3 is 0 Å². The molecule has 5 nitrogen and oxygen atoms in total. The number of hydrogen-bond acceptors (Lipinski definition) is 4. The van der Waals surface area contributed by atoms with Crippen LogP contribution in [0.4, 0.5) is 10.3 Å². The minimum atomic E-state index is -0.458. The van der Waals surface area contributed by atoms with Gasteiger partial charge in [0.1, 0.15) is 0 Å². The quantitative estimate of drug-likeness (QED) is 0.804. The largest absolute Gasteiger partial charge is 0.494 e. The molecule has 0 spiro atoms. The van der Waals surface area contributed by atoms with Crippen LogP contribution in [0.1, 0.15) is 18.7 Å². The van der Waals surface area contributed by atoms with Crippen molar-refractivity contribution in [2.45, 2.75) is 13.0 Å². The Bertz CT molecular complexity index is 785. The molecular weight excluding hydrogens is 271 g/mol.